The van der Waals surface area contributed by atoms with Crippen LogP contribution in [-0.2, 0) is 9.59 Å². The number of rotatable bonds is 5. The molecule has 146 valence electrons. The lowest BCUT2D eigenvalue weighted by atomic mass is 9.49. The highest BCUT2D eigenvalue weighted by atomic mass is 35.5. The smallest absolute Gasteiger partial charge is 0.243 e. The molecule has 5 rings (SSSR count). The Hall–Kier alpha value is -1.75. The monoisotopic (exact) mass is 390 g/mol. The van der Waals surface area contributed by atoms with Gasteiger partial charge in [-0.25, -0.2) is 0 Å². The van der Waals surface area contributed by atoms with E-state index in [2.05, 4.69) is 5.32 Å². The number of alkyl halides is 1. The van der Waals surface area contributed by atoms with E-state index in [9.17, 15) is 9.59 Å². The van der Waals surface area contributed by atoms with Crippen LogP contribution in [0.5, 0.6) is 5.75 Å². The lowest BCUT2D eigenvalue weighted by Crippen LogP contribution is -2.59. The first kappa shape index (κ1) is 18.6. The first-order chi connectivity index (χ1) is 12.8. The fraction of sp³-hybridized carbons (Fsp3) is 0.619. The van der Waals surface area contributed by atoms with Gasteiger partial charge in [0.2, 0.25) is 11.8 Å². The highest BCUT2D eigenvalue weighted by Gasteiger charge is 2.60. The molecule has 27 heavy (non-hydrogen) atoms. The van der Waals surface area contributed by atoms with E-state index >= 15 is 0 Å². The fourth-order valence-corrected chi connectivity index (χ4v) is 6.69. The second kappa shape index (κ2) is 6.69. The molecule has 0 saturated heterocycles. The molecule has 4 saturated carbocycles. The molecule has 6 heteroatoms. The Balaban J connectivity index is 1.41. The number of nitrogens with zero attached hydrogens (tertiary/aromatic N) is 1. The Morgan fingerprint density at radius 2 is 1.96 bits per heavy atom. The van der Waals surface area contributed by atoms with E-state index in [0.717, 1.165) is 32.1 Å². The highest BCUT2D eigenvalue weighted by Crippen LogP contribution is 2.64. The Labute approximate surface area is 165 Å². The lowest BCUT2D eigenvalue weighted by molar-refractivity contribution is -0.155. The Bertz CT molecular complexity index is 752. The minimum atomic E-state index is -0.364. The number of anilines is 1. The molecule has 2 amide bonds. The van der Waals surface area contributed by atoms with Crippen LogP contribution in [0.3, 0.4) is 0 Å². The zero-order valence-electron chi connectivity index (χ0n) is 16.0. The minimum Gasteiger partial charge on any atom is -0.497 e. The van der Waals surface area contributed by atoms with Gasteiger partial charge in [0, 0.05) is 23.7 Å². The molecule has 1 aromatic carbocycles. The van der Waals surface area contributed by atoms with Crippen molar-refractivity contribution in [2.24, 2.45) is 17.3 Å². The van der Waals surface area contributed by atoms with Gasteiger partial charge in [0.15, 0.2) is 0 Å². The number of nitrogens with one attached hydrogen (secondary N) is 1. The molecule has 0 aromatic heterocycles. The quantitative estimate of drug-likeness (QED) is 0.780. The molecule has 1 aromatic rings. The molecule has 5 nitrogen and oxygen atoms in total. The molecule has 0 radical (unpaired) electrons. The molecule has 2 atom stereocenters. The standard InChI is InChI=1S/C21H27ClN2O3/c1-24(12-18(25)23-16-4-3-5-17(7-16)27-2)19(26)20-8-14-6-15(9-20)11-21(22,10-14)13-20/h3-5,7,14-15H,6,8-13H2,1-2H3,(H,23,25)/t14-,15-,20?,21?/m1/s1. The second-order valence-electron chi connectivity index (χ2n) is 8.83. The first-order valence-corrected chi connectivity index (χ1v) is 10.1. The Morgan fingerprint density at radius 1 is 1.26 bits per heavy atom. The number of methoxy groups -OCH3 is 1. The third kappa shape index (κ3) is 3.54. The number of hydrogen-bond acceptors (Lipinski definition) is 3. The van der Waals surface area contributed by atoms with Crippen molar-refractivity contribution >= 4 is 29.1 Å². The number of carbonyl (C=O) groups excluding carboxylic acids is 2. The van der Waals surface area contributed by atoms with Gasteiger partial charge in [-0.2, -0.15) is 0 Å². The van der Waals surface area contributed by atoms with E-state index in [1.807, 2.05) is 12.1 Å². The molecule has 4 bridgehead atoms. The van der Waals surface area contributed by atoms with Crippen LogP contribution in [0.15, 0.2) is 24.3 Å². The van der Waals surface area contributed by atoms with Crippen molar-refractivity contribution < 1.29 is 14.3 Å². The van der Waals surface area contributed by atoms with Gasteiger partial charge >= 0.3 is 0 Å². The van der Waals surface area contributed by atoms with Crippen molar-refractivity contribution in [3.05, 3.63) is 24.3 Å². The third-order valence-electron chi connectivity index (χ3n) is 6.52. The molecular weight excluding hydrogens is 364 g/mol. The van der Waals surface area contributed by atoms with Crippen LogP contribution in [0, 0.1) is 17.3 Å². The van der Waals surface area contributed by atoms with Crippen molar-refractivity contribution in [1.29, 1.82) is 0 Å². The van der Waals surface area contributed by atoms with Crippen LogP contribution in [-0.4, -0.2) is 42.3 Å². The fourth-order valence-electron chi connectivity index (χ4n) is 5.99. The van der Waals surface area contributed by atoms with Gasteiger partial charge in [-0.15, -0.1) is 11.6 Å². The number of halogens is 1. The van der Waals surface area contributed by atoms with Gasteiger partial charge < -0.3 is 15.0 Å². The number of likely N-dealkylation sites (N-methyl/N-ethyl adjacent to an activating group) is 1. The van der Waals surface area contributed by atoms with Crippen molar-refractivity contribution in [3.8, 4) is 5.75 Å². The largest absolute Gasteiger partial charge is 0.497 e. The zero-order chi connectivity index (χ0) is 19.2. The van der Waals surface area contributed by atoms with Crippen molar-refractivity contribution in [3.63, 3.8) is 0 Å². The van der Waals surface area contributed by atoms with Crippen molar-refractivity contribution in [1.82, 2.24) is 4.90 Å². The summed E-state index contributed by atoms with van der Waals surface area (Å²) >= 11 is 6.85. The van der Waals surface area contributed by atoms with Gasteiger partial charge in [-0.05, 0) is 62.5 Å². The molecule has 4 aliphatic rings. The maximum Gasteiger partial charge on any atom is 0.243 e. The summed E-state index contributed by atoms with van der Waals surface area (Å²) in [6.45, 7) is 0.0441. The van der Waals surface area contributed by atoms with Crippen LogP contribution in [0.2, 0.25) is 0 Å². The van der Waals surface area contributed by atoms with Gasteiger partial charge in [0.05, 0.1) is 19.1 Å². The molecule has 4 fully saturated rings. The molecule has 4 aliphatic carbocycles. The summed E-state index contributed by atoms with van der Waals surface area (Å²) in [6, 6.07) is 7.20. The summed E-state index contributed by atoms with van der Waals surface area (Å²) in [5, 5.41) is 2.84. The molecule has 0 spiro atoms. The summed E-state index contributed by atoms with van der Waals surface area (Å²) in [6.07, 6.45) is 5.91. The summed E-state index contributed by atoms with van der Waals surface area (Å²) in [7, 11) is 3.31. The maximum atomic E-state index is 13.3. The molecule has 0 unspecified atom stereocenters. The molecule has 0 heterocycles. The summed E-state index contributed by atoms with van der Waals surface area (Å²) < 4.78 is 5.17. The van der Waals surface area contributed by atoms with E-state index in [-0.39, 0.29) is 28.6 Å². The Morgan fingerprint density at radius 3 is 2.59 bits per heavy atom. The van der Waals surface area contributed by atoms with E-state index < -0.39 is 0 Å². The van der Waals surface area contributed by atoms with Crippen molar-refractivity contribution in [2.75, 3.05) is 26.0 Å². The van der Waals surface area contributed by atoms with E-state index in [1.165, 1.54) is 6.42 Å². The number of carbonyl (C=O) groups is 2. The van der Waals surface area contributed by atoms with Gasteiger partial charge in [0.25, 0.3) is 0 Å². The number of amides is 2. The van der Waals surface area contributed by atoms with Crippen LogP contribution >= 0.6 is 11.6 Å². The summed E-state index contributed by atoms with van der Waals surface area (Å²) in [5.74, 6) is 1.68. The van der Waals surface area contributed by atoms with E-state index in [1.54, 1.807) is 31.2 Å². The van der Waals surface area contributed by atoms with Crippen molar-refractivity contribution in [2.45, 2.75) is 43.4 Å². The van der Waals surface area contributed by atoms with E-state index in [0.29, 0.717) is 23.3 Å². The predicted molar refractivity (Wildman–Crippen MR) is 105 cm³/mol. The van der Waals surface area contributed by atoms with Gasteiger partial charge in [-0.1, -0.05) is 6.07 Å². The zero-order valence-corrected chi connectivity index (χ0v) is 16.7. The van der Waals surface area contributed by atoms with Crippen LogP contribution in [0.1, 0.15) is 38.5 Å². The normalized spacial score (nSPS) is 33.6. The van der Waals surface area contributed by atoms with Crippen LogP contribution < -0.4 is 10.1 Å². The average Bonchev–Trinajstić information content (AvgIpc) is 2.58. The topological polar surface area (TPSA) is 58.6 Å². The summed E-state index contributed by atoms with van der Waals surface area (Å²) in [5.41, 5.74) is 0.298. The second-order valence-corrected chi connectivity index (χ2v) is 9.64. The summed E-state index contributed by atoms with van der Waals surface area (Å²) in [4.78, 5) is 27.1. The van der Waals surface area contributed by atoms with Crippen LogP contribution in [0.25, 0.3) is 0 Å². The average molecular weight is 391 g/mol. The van der Waals surface area contributed by atoms with Gasteiger partial charge in [0.1, 0.15) is 5.75 Å². The van der Waals surface area contributed by atoms with Crippen LogP contribution in [0.4, 0.5) is 5.69 Å². The highest BCUT2D eigenvalue weighted by molar-refractivity contribution is 6.24. The molecule has 0 aliphatic heterocycles. The maximum absolute atomic E-state index is 13.3. The molecular formula is C21H27ClN2O3. The number of hydrogen-bond donors (Lipinski definition) is 1. The number of ether oxygens (including phenoxy) is 1. The van der Waals surface area contributed by atoms with E-state index in [4.69, 9.17) is 16.3 Å². The van der Waals surface area contributed by atoms with Gasteiger partial charge in [-0.3, -0.25) is 9.59 Å². The SMILES string of the molecule is COc1cccc(NC(=O)CN(C)C(=O)C23C[C@H]4C[C@@H](CC(Cl)(C4)C2)C3)c1. The first-order valence-electron chi connectivity index (χ1n) is 9.69. The molecule has 1 N–H and O–H groups in total. The number of benzene rings is 1. The minimum absolute atomic E-state index is 0.0441. The predicted octanol–water partition coefficient (Wildman–Crippen LogP) is 3.67. The Kier molecular flexibility index (Phi) is 4.61. The lowest BCUT2D eigenvalue weighted by Gasteiger charge is -2.59. The third-order valence-corrected chi connectivity index (χ3v) is 6.97.